The van der Waals surface area contributed by atoms with Crippen LogP contribution in [0.5, 0.6) is 0 Å². The van der Waals surface area contributed by atoms with Gasteiger partial charge in [-0.15, -0.1) is 0 Å². The van der Waals surface area contributed by atoms with E-state index in [1.807, 2.05) is 0 Å². The van der Waals surface area contributed by atoms with Gasteiger partial charge in [0.25, 0.3) is 0 Å². The Bertz CT molecular complexity index is 8.00. The van der Waals surface area contributed by atoms with Crippen molar-refractivity contribution in [2.75, 3.05) is 0 Å². The van der Waals surface area contributed by atoms with Crippen molar-refractivity contribution in [3.63, 3.8) is 0 Å². The van der Waals surface area contributed by atoms with Gasteiger partial charge in [-0.2, -0.15) is 0 Å². The van der Waals surface area contributed by atoms with Crippen molar-refractivity contribution in [2.24, 2.45) is 0 Å². The van der Waals surface area contributed by atoms with Crippen LogP contribution in [0, 0.1) is 0 Å². The van der Waals surface area contributed by atoms with Gasteiger partial charge in [-0.3, -0.25) is 0 Å². The van der Waals surface area contributed by atoms with E-state index in [0.29, 0.717) is 0 Å². The zero-order valence-electron chi connectivity index (χ0n) is 1.90. The van der Waals surface area contributed by atoms with Crippen LogP contribution in [-0.4, -0.2) is 37.2 Å². The molecular formula is AlCuGaNb. The molecule has 0 bridgehead atoms. The fourth-order valence-corrected chi connectivity index (χ4v) is 0. The Labute approximate surface area is 75.7 Å². The van der Waals surface area contributed by atoms with Gasteiger partial charge in [-0.05, 0) is 0 Å². The third kappa shape index (κ3) is 8.83. The molecule has 0 aromatic heterocycles. The summed E-state index contributed by atoms with van der Waals surface area (Å²) in [6.45, 7) is 0. The third-order valence-corrected chi connectivity index (χ3v) is 0. The van der Waals surface area contributed by atoms with Crippen LogP contribution in [0.15, 0.2) is 0 Å². The summed E-state index contributed by atoms with van der Waals surface area (Å²) in [5, 5.41) is 0. The minimum Gasteiger partial charge on any atom is 0 e. The molecule has 0 saturated heterocycles. The maximum absolute atomic E-state index is 0. The Morgan fingerprint density at radius 1 is 1.00 bits per heavy atom. The van der Waals surface area contributed by atoms with Crippen LogP contribution < -0.4 is 0 Å². The SMILES string of the molecule is [Al].[Cu].[Ga].[Nb]. The van der Waals surface area contributed by atoms with E-state index >= 15 is 0 Å². The summed E-state index contributed by atoms with van der Waals surface area (Å²) in [5.74, 6) is 0. The topological polar surface area (TPSA) is 0 Å². The second-order valence-electron chi connectivity index (χ2n) is 0. The zero-order valence-corrected chi connectivity index (χ0v) is 8.62. The first-order chi connectivity index (χ1) is 0. The average Bonchev–Trinajstić information content (AvgIpc) is 0. The summed E-state index contributed by atoms with van der Waals surface area (Å²) in [6.07, 6.45) is 0. The summed E-state index contributed by atoms with van der Waals surface area (Å²) >= 11 is 0. The average molecular weight is 253 g/mol. The largest absolute Gasteiger partial charge is 0 e. The molecule has 0 aliphatic rings. The first-order valence-electron chi connectivity index (χ1n) is 0. The van der Waals surface area contributed by atoms with Crippen molar-refractivity contribution < 1.29 is 39.4 Å². The van der Waals surface area contributed by atoms with Gasteiger partial charge < -0.3 is 0 Å². The normalized spacial score (nSPS) is 0. The molecule has 0 amide bonds. The molecule has 0 rings (SSSR count). The Balaban J connectivity index is 0. The fraction of sp³-hybridized carbons (Fsp3) is 0. The van der Waals surface area contributed by atoms with E-state index in [4.69, 9.17) is 0 Å². The molecule has 0 saturated carbocycles. The second kappa shape index (κ2) is 18.1. The van der Waals surface area contributed by atoms with Crippen molar-refractivity contribution in [2.45, 2.75) is 0 Å². The molecular weight excluding hydrogens is 253 g/mol. The molecule has 0 heterocycles. The molecule has 0 aliphatic carbocycles. The van der Waals surface area contributed by atoms with E-state index in [9.17, 15) is 0 Å². The summed E-state index contributed by atoms with van der Waals surface area (Å²) in [4.78, 5) is 0. The summed E-state index contributed by atoms with van der Waals surface area (Å²) in [7, 11) is 0. The zero-order chi connectivity index (χ0) is 0. The molecule has 0 atom stereocenters. The van der Waals surface area contributed by atoms with Gasteiger partial charge in [0.1, 0.15) is 0 Å². The van der Waals surface area contributed by atoms with E-state index in [2.05, 4.69) is 0 Å². The van der Waals surface area contributed by atoms with Crippen molar-refractivity contribution >= 4 is 37.2 Å². The maximum atomic E-state index is 0. The fourth-order valence-electron chi connectivity index (χ4n) is 0. The predicted molar refractivity (Wildman–Crippen MR) is 11.5 cm³/mol. The van der Waals surface area contributed by atoms with E-state index in [-0.39, 0.29) is 76.6 Å². The Kier molecular flexibility index (Phi) is 145. The third-order valence-electron chi connectivity index (χ3n) is 0. The molecule has 0 unspecified atom stereocenters. The smallest absolute Gasteiger partial charge is 0 e. The molecule has 22 valence electrons. The Hall–Kier alpha value is 2.43. The van der Waals surface area contributed by atoms with Crippen LogP contribution in [-0.2, 0) is 39.4 Å². The van der Waals surface area contributed by atoms with Crippen molar-refractivity contribution in [3.8, 4) is 0 Å². The molecule has 0 nitrogen and oxygen atoms in total. The van der Waals surface area contributed by atoms with Crippen molar-refractivity contribution in [1.82, 2.24) is 0 Å². The summed E-state index contributed by atoms with van der Waals surface area (Å²) < 4.78 is 0. The van der Waals surface area contributed by atoms with E-state index in [0.717, 1.165) is 0 Å². The van der Waals surface area contributed by atoms with Gasteiger partial charge in [0.2, 0.25) is 0 Å². The minimum absolute atomic E-state index is 0. The molecule has 4 heavy (non-hydrogen) atoms. The van der Waals surface area contributed by atoms with E-state index in [1.165, 1.54) is 0 Å². The van der Waals surface area contributed by atoms with E-state index in [1.54, 1.807) is 0 Å². The van der Waals surface area contributed by atoms with Crippen molar-refractivity contribution in [1.29, 1.82) is 0 Å². The molecule has 0 aliphatic heterocycles. The second-order valence-corrected chi connectivity index (χ2v) is 0. The van der Waals surface area contributed by atoms with Crippen LogP contribution >= 0.6 is 0 Å². The molecule has 4 heteroatoms. The number of hydrogen-bond donors (Lipinski definition) is 0. The molecule has 0 N–H and O–H groups in total. The number of hydrogen-bond acceptors (Lipinski definition) is 0. The number of rotatable bonds is 0. The standard InChI is InChI=1S/Al.Cu.Ga.Nb. The van der Waals surface area contributed by atoms with Gasteiger partial charge in [-0.1, -0.05) is 0 Å². The predicted octanol–water partition coefficient (Wildman–Crippen LogP) is -0.767. The molecule has 0 spiro atoms. The van der Waals surface area contributed by atoms with Crippen LogP contribution in [0.4, 0.5) is 0 Å². The summed E-state index contributed by atoms with van der Waals surface area (Å²) in [6, 6.07) is 0. The van der Waals surface area contributed by atoms with Crippen LogP contribution in [0.2, 0.25) is 0 Å². The Morgan fingerprint density at radius 3 is 1.00 bits per heavy atom. The molecule has 8 radical (unpaired) electrons. The van der Waals surface area contributed by atoms with Gasteiger partial charge in [0.05, 0.1) is 0 Å². The van der Waals surface area contributed by atoms with Crippen LogP contribution in [0.1, 0.15) is 0 Å². The minimum atomic E-state index is 0. The summed E-state index contributed by atoms with van der Waals surface area (Å²) in [5.41, 5.74) is 0. The first kappa shape index (κ1) is 32.1. The van der Waals surface area contributed by atoms with Gasteiger partial charge in [0.15, 0.2) is 0 Å². The van der Waals surface area contributed by atoms with Gasteiger partial charge >= 0.3 is 0 Å². The molecule has 0 aromatic rings. The monoisotopic (exact) mass is 252 g/mol. The van der Waals surface area contributed by atoms with Crippen LogP contribution in [0.25, 0.3) is 0 Å². The Morgan fingerprint density at radius 2 is 1.00 bits per heavy atom. The molecule has 0 aromatic carbocycles. The van der Waals surface area contributed by atoms with Gasteiger partial charge in [0, 0.05) is 76.6 Å². The van der Waals surface area contributed by atoms with Gasteiger partial charge in [-0.25, -0.2) is 0 Å². The molecule has 0 fully saturated rings. The van der Waals surface area contributed by atoms with Crippen LogP contribution in [0.3, 0.4) is 0 Å². The quantitative estimate of drug-likeness (QED) is 0.498. The van der Waals surface area contributed by atoms with Crippen molar-refractivity contribution in [3.05, 3.63) is 0 Å². The van der Waals surface area contributed by atoms with E-state index < -0.39 is 0 Å². The first-order valence-corrected chi connectivity index (χ1v) is 0. The maximum Gasteiger partial charge on any atom is 0 e.